The third-order valence-corrected chi connectivity index (χ3v) is 4.35. The fourth-order valence-electron chi connectivity index (χ4n) is 2.09. The number of β-amino-alcohol motifs (C(OH)–C–C–N with tert-alkyl or cyclic N) is 1. The van der Waals surface area contributed by atoms with E-state index in [-0.39, 0.29) is 18.9 Å². The Morgan fingerprint density at radius 1 is 1.42 bits per heavy atom. The van der Waals surface area contributed by atoms with E-state index in [4.69, 9.17) is 5.11 Å². The molecular formula is C12H11BrINO4. The average Bonchev–Trinajstić information content (AvgIpc) is 2.74. The number of rotatable bonds is 2. The van der Waals surface area contributed by atoms with Gasteiger partial charge in [-0.05, 0) is 56.7 Å². The second kappa shape index (κ2) is 5.76. The molecule has 2 N–H and O–H groups in total. The first-order chi connectivity index (χ1) is 8.90. The van der Waals surface area contributed by atoms with E-state index in [9.17, 15) is 14.7 Å². The van der Waals surface area contributed by atoms with Crippen molar-refractivity contribution in [2.45, 2.75) is 18.6 Å². The Balaban J connectivity index is 2.33. The fourth-order valence-corrected chi connectivity index (χ4v) is 3.00. The van der Waals surface area contributed by atoms with Crippen LogP contribution in [0.5, 0.6) is 0 Å². The zero-order valence-electron chi connectivity index (χ0n) is 9.72. The Bertz CT molecular complexity index is 536. The smallest absolute Gasteiger partial charge is 0.326 e. The van der Waals surface area contributed by atoms with Crippen molar-refractivity contribution in [3.05, 3.63) is 31.8 Å². The summed E-state index contributed by atoms with van der Waals surface area (Å²) in [5.74, 6) is -1.47. The number of likely N-dealkylation sites (tertiary alicyclic amines) is 1. The highest BCUT2D eigenvalue weighted by atomic mass is 127. The van der Waals surface area contributed by atoms with Crippen molar-refractivity contribution >= 4 is 50.4 Å². The van der Waals surface area contributed by atoms with Gasteiger partial charge in [-0.15, -0.1) is 0 Å². The van der Waals surface area contributed by atoms with Crippen LogP contribution in [0.1, 0.15) is 16.8 Å². The van der Waals surface area contributed by atoms with E-state index < -0.39 is 18.1 Å². The fraction of sp³-hybridized carbons (Fsp3) is 0.333. The van der Waals surface area contributed by atoms with Gasteiger partial charge in [-0.2, -0.15) is 0 Å². The maximum absolute atomic E-state index is 12.4. The molecule has 0 unspecified atom stereocenters. The third kappa shape index (κ3) is 3.09. The van der Waals surface area contributed by atoms with Crippen LogP contribution in [-0.2, 0) is 4.79 Å². The van der Waals surface area contributed by atoms with Crippen molar-refractivity contribution in [1.82, 2.24) is 4.90 Å². The van der Waals surface area contributed by atoms with Crippen molar-refractivity contribution in [2.75, 3.05) is 6.54 Å². The summed E-state index contributed by atoms with van der Waals surface area (Å²) < 4.78 is 1.50. The van der Waals surface area contributed by atoms with Crippen LogP contribution in [0.2, 0.25) is 0 Å². The van der Waals surface area contributed by atoms with Gasteiger partial charge in [0.25, 0.3) is 5.91 Å². The largest absolute Gasteiger partial charge is 0.480 e. The molecular weight excluding hydrogens is 429 g/mol. The lowest BCUT2D eigenvalue weighted by atomic mass is 10.1. The number of amides is 1. The summed E-state index contributed by atoms with van der Waals surface area (Å²) >= 11 is 5.37. The molecule has 0 aliphatic carbocycles. The van der Waals surface area contributed by atoms with Gasteiger partial charge < -0.3 is 15.1 Å². The van der Waals surface area contributed by atoms with Gasteiger partial charge in [-0.25, -0.2) is 4.79 Å². The maximum atomic E-state index is 12.4. The minimum atomic E-state index is -1.09. The van der Waals surface area contributed by atoms with Gasteiger partial charge in [-0.3, -0.25) is 4.79 Å². The average molecular weight is 440 g/mol. The lowest BCUT2D eigenvalue weighted by Crippen LogP contribution is -2.40. The molecule has 0 spiro atoms. The molecule has 0 saturated carbocycles. The first-order valence-electron chi connectivity index (χ1n) is 5.57. The highest BCUT2D eigenvalue weighted by molar-refractivity contribution is 14.1. The SMILES string of the molecule is O=C(O)[C@H]1C[C@@H](O)CN1C(=O)c1cc(I)ccc1Br. The number of aliphatic hydroxyl groups is 1. The Kier molecular flexibility index (Phi) is 4.46. The number of nitrogens with zero attached hydrogens (tertiary/aromatic N) is 1. The van der Waals surface area contributed by atoms with E-state index in [1.54, 1.807) is 12.1 Å². The van der Waals surface area contributed by atoms with Crippen LogP contribution in [0, 0.1) is 3.57 Å². The first kappa shape index (κ1) is 14.7. The van der Waals surface area contributed by atoms with Crippen LogP contribution < -0.4 is 0 Å². The van der Waals surface area contributed by atoms with Crippen LogP contribution >= 0.6 is 38.5 Å². The number of halogens is 2. The van der Waals surface area contributed by atoms with Gasteiger partial charge in [-0.1, -0.05) is 0 Å². The molecule has 2 atom stereocenters. The van der Waals surface area contributed by atoms with E-state index >= 15 is 0 Å². The summed E-state index contributed by atoms with van der Waals surface area (Å²) in [6.45, 7) is 0.0493. The predicted octanol–water partition coefficient (Wildman–Crippen LogP) is 1.71. The third-order valence-electron chi connectivity index (χ3n) is 2.98. The summed E-state index contributed by atoms with van der Waals surface area (Å²) in [6, 6.07) is 4.32. The van der Waals surface area contributed by atoms with Crippen molar-refractivity contribution in [3.63, 3.8) is 0 Å². The molecule has 1 fully saturated rings. The number of carboxylic acid groups (broad SMARTS) is 1. The van der Waals surface area contributed by atoms with Gasteiger partial charge in [0.05, 0.1) is 11.7 Å². The highest BCUT2D eigenvalue weighted by Gasteiger charge is 2.39. The number of benzene rings is 1. The highest BCUT2D eigenvalue weighted by Crippen LogP contribution is 2.26. The molecule has 1 aromatic carbocycles. The van der Waals surface area contributed by atoms with Crippen LogP contribution in [0.15, 0.2) is 22.7 Å². The lowest BCUT2D eigenvalue weighted by Gasteiger charge is -2.21. The molecule has 1 amide bonds. The molecule has 0 radical (unpaired) electrons. The van der Waals surface area contributed by atoms with Crippen molar-refractivity contribution < 1.29 is 19.8 Å². The van der Waals surface area contributed by atoms with Crippen LogP contribution in [0.4, 0.5) is 0 Å². The second-order valence-corrected chi connectivity index (χ2v) is 6.43. The van der Waals surface area contributed by atoms with E-state index in [0.29, 0.717) is 10.0 Å². The van der Waals surface area contributed by atoms with E-state index in [1.165, 1.54) is 4.90 Å². The Morgan fingerprint density at radius 3 is 2.74 bits per heavy atom. The van der Waals surface area contributed by atoms with E-state index in [2.05, 4.69) is 38.5 Å². The molecule has 1 aliphatic heterocycles. The molecule has 1 aromatic rings. The minimum absolute atomic E-state index is 0.0493. The number of carboxylic acids is 1. The molecule has 1 saturated heterocycles. The van der Waals surface area contributed by atoms with Crippen molar-refractivity contribution in [1.29, 1.82) is 0 Å². The molecule has 5 nitrogen and oxygen atoms in total. The zero-order chi connectivity index (χ0) is 14.2. The quantitative estimate of drug-likeness (QED) is 0.688. The van der Waals surface area contributed by atoms with Gasteiger partial charge in [0.1, 0.15) is 6.04 Å². The Morgan fingerprint density at radius 2 is 2.11 bits per heavy atom. The number of aliphatic carboxylic acids is 1. The molecule has 7 heteroatoms. The topological polar surface area (TPSA) is 77.8 Å². The summed E-state index contributed by atoms with van der Waals surface area (Å²) in [5, 5.41) is 18.7. The predicted molar refractivity (Wildman–Crippen MR) is 79.9 cm³/mol. The Hall–Kier alpha value is -0.670. The number of hydrogen-bond donors (Lipinski definition) is 2. The van der Waals surface area contributed by atoms with Gasteiger partial charge in [0.2, 0.25) is 0 Å². The lowest BCUT2D eigenvalue weighted by molar-refractivity contribution is -0.141. The van der Waals surface area contributed by atoms with Gasteiger partial charge >= 0.3 is 5.97 Å². The number of carbonyl (C=O) groups excluding carboxylic acids is 1. The second-order valence-electron chi connectivity index (χ2n) is 4.33. The first-order valence-corrected chi connectivity index (χ1v) is 7.44. The Labute approximate surface area is 131 Å². The molecule has 1 aliphatic rings. The number of carbonyl (C=O) groups is 2. The van der Waals surface area contributed by atoms with Crippen LogP contribution in [-0.4, -0.2) is 45.7 Å². The minimum Gasteiger partial charge on any atom is -0.480 e. The zero-order valence-corrected chi connectivity index (χ0v) is 13.5. The summed E-state index contributed by atoms with van der Waals surface area (Å²) in [5.41, 5.74) is 0.409. The monoisotopic (exact) mass is 439 g/mol. The standard InChI is InChI=1S/C12H11BrINO4/c13-9-2-1-6(14)3-8(9)11(17)15-5-7(16)4-10(15)12(18)19/h1-3,7,10,16H,4-5H2,(H,18,19)/t7-,10-/m1/s1. The number of hydrogen-bond acceptors (Lipinski definition) is 3. The molecule has 0 aromatic heterocycles. The summed E-state index contributed by atoms with van der Waals surface area (Å²) in [6.07, 6.45) is -0.714. The molecule has 0 bridgehead atoms. The summed E-state index contributed by atoms with van der Waals surface area (Å²) in [7, 11) is 0. The van der Waals surface area contributed by atoms with Crippen LogP contribution in [0.3, 0.4) is 0 Å². The van der Waals surface area contributed by atoms with Crippen molar-refractivity contribution in [3.8, 4) is 0 Å². The van der Waals surface area contributed by atoms with Gasteiger partial charge in [0, 0.05) is 21.0 Å². The molecule has 2 rings (SSSR count). The number of aliphatic hydroxyl groups excluding tert-OH is 1. The molecule has 1 heterocycles. The van der Waals surface area contributed by atoms with E-state index in [1.807, 2.05) is 6.07 Å². The van der Waals surface area contributed by atoms with Gasteiger partial charge in [0.15, 0.2) is 0 Å². The van der Waals surface area contributed by atoms with Crippen LogP contribution in [0.25, 0.3) is 0 Å². The maximum Gasteiger partial charge on any atom is 0.326 e. The van der Waals surface area contributed by atoms with E-state index in [0.717, 1.165) is 3.57 Å². The van der Waals surface area contributed by atoms with Crippen molar-refractivity contribution in [2.24, 2.45) is 0 Å². The molecule has 102 valence electrons. The molecule has 19 heavy (non-hydrogen) atoms. The normalized spacial score (nSPS) is 22.6. The summed E-state index contributed by atoms with van der Waals surface area (Å²) in [4.78, 5) is 24.7.